The predicted octanol–water partition coefficient (Wildman–Crippen LogP) is 1.30. The van der Waals surface area contributed by atoms with Crippen LogP contribution in [-0.2, 0) is 4.79 Å². The van der Waals surface area contributed by atoms with E-state index in [1.54, 1.807) is 24.3 Å². The van der Waals surface area contributed by atoms with Gasteiger partial charge in [-0.2, -0.15) is 0 Å². The molecule has 0 spiro atoms. The van der Waals surface area contributed by atoms with E-state index >= 15 is 0 Å². The molecule has 1 rings (SSSR count). The Kier molecular flexibility index (Phi) is 5.41. The smallest absolute Gasteiger partial charge is 0.332 e. The van der Waals surface area contributed by atoms with E-state index in [0.29, 0.717) is 10.7 Å². The summed E-state index contributed by atoms with van der Waals surface area (Å²) in [6, 6.07) is 6.11. The fraction of sp³-hybridized carbons (Fsp3) is 0.273. The summed E-state index contributed by atoms with van der Waals surface area (Å²) in [5, 5.41) is 22.8. The van der Waals surface area contributed by atoms with Crippen molar-refractivity contribution in [2.75, 3.05) is 11.9 Å². The summed E-state index contributed by atoms with van der Waals surface area (Å²) >= 11 is 5.74. The van der Waals surface area contributed by atoms with Crippen molar-refractivity contribution < 1.29 is 19.8 Å². The minimum atomic E-state index is -1.48. The number of nitrogens with one attached hydrogen (secondary N) is 2. The molecule has 1 aromatic rings. The zero-order valence-electron chi connectivity index (χ0n) is 9.39. The fourth-order valence-corrected chi connectivity index (χ4v) is 1.38. The SMILES string of the molecule is O=C(NCCC(O)C(=O)O)Nc1cccc(Cl)c1. The minimum Gasteiger partial charge on any atom is -0.479 e. The van der Waals surface area contributed by atoms with Crippen LogP contribution in [0.2, 0.25) is 5.02 Å². The van der Waals surface area contributed by atoms with Gasteiger partial charge in [-0.3, -0.25) is 0 Å². The van der Waals surface area contributed by atoms with Crippen LogP contribution in [0.15, 0.2) is 24.3 Å². The van der Waals surface area contributed by atoms with Crippen molar-refractivity contribution in [3.63, 3.8) is 0 Å². The number of benzene rings is 1. The van der Waals surface area contributed by atoms with Gasteiger partial charge in [0.25, 0.3) is 0 Å². The first kappa shape index (κ1) is 14.3. The summed E-state index contributed by atoms with van der Waals surface area (Å²) in [4.78, 5) is 21.7. The maximum absolute atomic E-state index is 11.4. The molecule has 4 N–H and O–H groups in total. The number of anilines is 1. The summed E-state index contributed by atoms with van der Waals surface area (Å²) in [6.45, 7) is 0.0554. The molecule has 0 aliphatic heterocycles. The molecular formula is C11H13ClN2O4. The molecule has 0 saturated heterocycles. The van der Waals surface area contributed by atoms with Gasteiger partial charge in [-0.25, -0.2) is 9.59 Å². The Balaban J connectivity index is 2.32. The number of hydrogen-bond acceptors (Lipinski definition) is 3. The highest BCUT2D eigenvalue weighted by Gasteiger charge is 2.12. The van der Waals surface area contributed by atoms with Gasteiger partial charge >= 0.3 is 12.0 Å². The van der Waals surface area contributed by atoms with Crippen molar-refractivity contribution in [2.24, 2.45) is 0 Å². The van der Waals surface area contributed by atoms with Gasteiger partial charge < -0.3 is 20.8 Å². The Morgan fingerprint density at radius 2 is 2.11 bits per heavy atom. The van der Waals surface area contributed by atoms with Crippen LogP contribution in [0.25, 0.3) is 0 Å². The molecule has 0 saturated carbocycles. The molecule has 0 aromatic heterocycles. The molecular weight excluding hydrogens is 260 g/mol. The normalized spacial score (nSPS) is 11.7. The second-order valence-electron chi connectivity index (χ2n) is 3.53. The predicted molar refractivity (Wildman–Crippen MR) is 66.7 cm³/mol. The number of aliphatic carboxylic acids is 1. The summed E-state index contributed by atoms with van der Waals surface area (Å²) in [5.41, 5.74) is 0.527. The molecule has 1 aromatic carbocycles. The lowest BCUT2D eigenvalue weighted by Crippen LogP contribution is -2.33. The maximum atomic E-state index is 11.4. The third-order valence-electron chi connectivity index (χ3n) is 2.07. The maximum Gasteiger partial charge on any atom is 0.332 e. The van der Waals surface area contributed by atoms with E-state index in [2.05, 4.69) is 10.6 Å². The molecule has 0 bridgehead atoms. The number of halogens is 1. The number of amides is 2. The van der Waals surface area contributed by atoms with Crippen molar-refractivity contribution in [1.82, 2.24) is 5.32 Å². The highest BCUT2D eigenvalue weighted by Crippen LogP contribution is 2.14. The molecule has 98 valence electrons. The molecule has 0 aliphatic carbocycles. The van der Waals surface area contributed by atoms with Crippen LogP contribution in [0.3, 0.4) is 0 Å². The van der Waals surface area contributed by atoms with Crippen molar-refractivity contribution >= 4 is 29.3 Å². The van der Waals surface area contributed by atoms with Crippen LogP contribution in [0, 0.1) is 0 Å². The van der Waals surface area contributed by atoms with Gasteiger partial charge in [-0.1, -0.05) is 17.7 Å². The van der Waals surface area contributed by atoms with Crippen molar-refractivity contribution in [2.45, 2.75) is 12.5 Å². The number of aliphatic hydroxyl groups is 1. The molecule has 0 aliphatic rings. The van der Waals surface area contributed by atoms with E-state index in [0.717, 1.165) is 0 Å². The minimum absolute atomic E-state index is 0.0554. The molecule has 2 amide bonds. The van der Waals surface area contributed by atoms with Gasteiger partial charge in [-0.05, 0) is 18.2 Å². The Morgan fingerprint density at radius 3 is 2.72 bits per heavy atom. The molecule has 18 heavy (non-hydrogen) atoms. The van der Waals surface area contributed by atoms with Gasteiger partial charge in [-0.15, -0.1) is 0 Å². The van der Waals surface area contributed by atoms with Gasteiger partial charge in [0.05, 0.1) is 0 Å². The van der Waals surface area contributed by atoms with E-state index in [1.807, 2.05) is 0 Å². The summed E-state index contributed by atoms with van der Waals surface area (Å²) in [5.74, 6) is -1.31. The van der Waals surface area contributed by atoms with E-state index < -0.39 is 18.1 Å². The molecule has 0 radical (unpaired) electrons. The van der Waals surface area contributed by atoms with Crippen LogP contribution in [0.1, 0.15) is 6.42 Å². The van der Waals surface area contributed by atoms with Crippen LogP contribution in [-0.4, -0.2) is 34.9 Å². The summed E-state index contributed by atoms with van der Waals surface area (Å²) in [6.07, 6.45) is -1.53. The average molecular weight is 273 g/mol. The first-order valence-corrected chi connectivity index (χ1v) is 5.58. The first-order valence-electron chi connectivity index (χ1n) is 5.20. The van der Waals surface area contributed by atoms with Crippen molar-refractivity contribution in [1.29, 1.82) is 0 Å². The topological polar surface area (TPSA) is 98.7 Å². The highest BCUT2D eigenvalue weighted by atomic mass is 35.5. The van der Waals surface area contributed by atoms with Crippen molar-refractivity contribution in [3.05, 3.63) is 29.3 Å². The average Bonchev–Trinajstić information content (AvgIpc) is 2.28. The zero-order valence-corrected chi connectivity index (χ0v) is 10.1. The third kappa shape index (κ3) is 5.03. The molecule has 6 nitrogen and oxygen atoms in total. The lowest BCUT2D eigenvalue weighted by atomic mass is 10.2. The van der Waals surface area contributed by atoms with Gasteiger partial charge in [0.1, 0.15) is 0 Å². The standard InChI is InChI=1S/C11H13ClN2O4/c12-7-2-1-3-8(6-7)14-11(18)13-5-4-9(15)10(16)17/h1-3,6,9,15H,4-5H2,(H,16,17)(H2,13,14,18). The number of rotatable bonds is 5. The van der Waals surface area contributed by atoms with Crippen molar-refractivity contribution in [3.8, 4) is 0 Å². The van der Waals surface area contributed by atoms with E-state index in [9.17, 15) is 9.59 Å². The Morgan fingerprint density at radius 1 is 1.39 bits per heavy atom. The van der Waals surface area contributed by atoms with E-state index in [4.69, 9.17) is 21.8 Å². The van der Waals surface area contributed by atoms with Crippen LogP contribution in [0.4, 0.5) is 10.5 Å². The first-order chi connectivity index (χ1) is 8.49. The molecule has 1 unspecified atom stereocenters. The number of carboxylic acids is 1. The quantitative estimate of drug-likeness (QED) is 0.649. The number of urea groups is 1. The summed E-state index contributed by atoms with van der Waals surface area (Å²) < 4.78 is 0. The Bertz CT molecular complexity index is 439. The number of carbonyl (C=O) groups is 2. The number of aliphatic hydroxyl groups excluding tert-OH is 1. The molecule has 1 atom stereocenters. The lowest BCUT2D eigenvalue weighted by Gasteiger charge is -2.09. The summed E-state index contributed by atoms with van der Waals surface area (Å²) in [7, 11) is 0. The second kappa shape index (κ2) is 6.83. The third-order valence-corrected chi connectivity index (χ3v) is 2.31. The largest absolute Gasteiger partial charge is 0.479 e. The number of hydrogen-bond donors (Lipinski definition) is 4. The Hall–Kier alpha value is -1.79. The van der Waals surface area contributed by atoms with Crippen LogP contribution >= 0.6 is 11.6 Å². The molecule has 7 heteroatoms. The second-order valence-corrected chi connectivity index (χ2v) is 3.97. The zero-order chi connectivity index (χ0) is 13.5. The monoisotopic (exact) mass is 272 g/mol. The Labute approximate surface area is 109 Å². The van der Waals surface area contributed by atoms with Crippen LogP contribution in [0.5, 0.6) is 0 Å². The molecule has 0 fully saturated rings. The number of carboxylic acid groups (broad SMARTS) is 1. The lowest BCUT2D eigenvalue weighted by molar-refractivity contribution is -0.146. The van der Waals surface area contributed by atoms with E-state index in [-0.39, 0.29) is 13.0 Å². The highest BCUT2D eigenvalue weighted by molar-refractivity contribution is 6.30. The van der Waals surface area contributed by atoms with Crippen LogP contribution < -0.4 is 10.6 Å². The van der Waals surface area contributed by atoms with Gasteiger partial charge in [0.2, 0.25) is 0 Å². The molecule has 0 heterocycles. The van der Waals surface area contributed by atoms with Gasteiger partial charge in [0, 0.05) is 23.7 Å². The van der Waals surface area contributed by atoms with Gasteiger partial charge in [0.15, 0.2) is 6.10 Å². The van der Waals surface area contributed by atoms with E-state index in [1.165, 1.54) is 0 Å². The number of carbonyl (C=O) groups excluding carboxylic acids is 1. The fourth-order valence-electron chi connectivity index (χ4n) is 1.19.